The monoisotopic (exact) mass is 204 g/mol. The van der Waals surface area contributed by atoms with Crippen LogP contribution in [0.25, 0.3) is 11.2 Å². The van der Waals surface area contributed by atoms with Crippen LogP contribution in [0.3, 0.4) is 0 Å². The number of nitrogens with zero attached hydrogens (tertiary/aromatic N) is 2. The molecule has 0 atom stereocenters. The molecule has 70 valence electrons. The summed E-state index contributed by atoms with van der Waals surface area (Å²) in [7, 11) is 0. The van der Waals surface area contributed by atoms with E-state index in [9.17, 15) is 9.59 Å². The molecule has 0 aliphatic carbocycles. The standard InChI is InChI=1S/C5H4N4O3.ClH/c10-4-2-3(7-1-6-2)8-5(11)9(4)12;/h1,12H,(H,6,7)(H,8,11);1H. The topological polar surface area (TPSA) is 104 Å². The van der Waals surface area contributed by atoms with Crippen molar-refractivity contribution in [2.24, 2.45) is 0 Å². The van der Waals surface area contributed by atoms with Gasteiger partial charge >= 0.3 is 11.2 Å². The molecule has 0 unspecified atom stereocenters. The van der Waals surface area contributed by atoms with Gasteiger partial charge in [0.05, 0.1) is 6.33 Å². The van der Waals surface area contributed by atoms with Crippen LogP contribution in [0.5, 0.6) is 0 Å². The first kappa shape index (κ1) is 9.33. The number of hydrogen-bond acceptors (Lipinski definition) is 4. The number of fused-ring (bicyclic) bond motifs is 1. The van der Waals surface area contributed by atoms with Crippen LogP contribution in [0.4, 0.5) is 0 Å². The van der Waals surface area contributed by atoms with Crippen molar-refractivity contribution in [1.82, 2.24) is 19.7 Å². The first-order valence-corrected chi connectivity index (χ1v) is 3.08. The van der Waals surface area contributed by atoms with Gasteiger partial charge in [0.25, 0.3) is 0 Å². The minimum atomic E-state index is -0.903. The van der Waals surface area contributed by atoms with Crippen LogP contribution in [0.1, 0.15) is 0 Å². The molecule has 0 aliphatic rings. The first-order valence-electron chi connectivity index (χ1n) is 3.08. The Hall–Kier alpha value is -1.76. The number of nitrogens with one attached hydrogen (secondary N) is 2. The lowest BCUT2D eigenvalue weighted by atomic mass is 10.5. The first-order chi connectivity index (χ1) is 5.70. The average molecular weight is 205 g/mol. The van der Waals surface area contributed by atoms with Crippen molar-refractivity contribution >= 4 is 23.6 Å². The highest BCUT2D eigenvalue weighted by atomic mass is 35.5. The Bertz CT molecular complexity index is 538. The maximum absolute atomic E-state index is 11.0. The summed E-state index contributed by atoms with van der Waals surface area (Å²) in [5.41, 5.74) is -1.52. The van der Waals surface area contributed by atoms with Gasteiger partial charge in [-0.1, -0.05) is 4.73 Å². The van der Waals surface area contributed by atoms with E-state index in [1.807, 2.05) is 0 Å². The van der Waals surface area contributed by atoms with Gasteiger partial charge in [-0.2, -0.15) is 0 Å². The van der Waals surface area contributed by atoms with E-state index >= 15 is 0 Å². The lowest BCUT2D eigenvalue weighted by Crippen LogP contribution is -2.33. The predicted molar refractivity (Wildman–Crippen MR) is 45.4 cm³/mol. The number of H-pyrrole nitrogens is 2. The zero-order valence-corrected chi connectivity index (χ0v) is 6.96. The van der Waals surface area contributed by atoms with Crippen LogP contribution in [-0.4, -0.2) is 24.9 Å². The molecule has 7 nitrogen and oxygen atoms in total. The minimum Gasteiger partial charge on any atom is -0.421 e. The Kier molecular flexibility index (Phi) is 2.11. The van der Waals surface area contributed by atoms with E-state index in [0.717, 1.165) is 0 Å². The van der Waals surface area contributed by atoms with E-state index < -0.39 is 11.2 Å². The lowest BCUT2D eigenvalue weighted by Gasteiger charge is -1.91. The molecule has 2 rings (SSSR count). The van der Waals surface area contributed by atoms with E-state index in [-0.39, 0.29) is 28.3 Å². The van der Waals surface area contributed by atoms with Crippen molar-refractivity contribution in [3.8, 4) is 0 Å². The van der Waals surface area contributed by atoms with Gasteiger partial charge in [-0.3, -0.25) is 9.78 Å². The normalized spacial score (nSPS) is 9.85. The maximum atomic E-state index is 11.0. The van der Waals surface area contributed by atoms with Gasteiger partial charge in [-0.15, -0.1) is 12.4 Å². The van der Waals surface area contributed by atoms with Crippen molar-refractivity contribution in [2.45, 2.75) is 0 Å². The van der Waals surface area contributed by atoms with Crippen LogP contribution in [-0.2, 0) is 0 Å². The highest BCUT2D eigenvalue weighted by molar-refractivity contribution is 5.85. The molecule has 0 fully saturated rings. The van der Waals surface area contributed by atoms with E-state index in [1.165, 1.54) is 6.33 Å². The zero-order chi connectivity index (χ0) is 8.72. The number of halogens is 1. The molecule has 0 radical (unpaired) electrons. The minimum absolute atomic E-state index is 0. The molecule has 0 aromatic carbocycles. The fourth-order valence-corrected chi connectivity index (χ4v) is 0.904. The summed E-state index contributed by atoms with van der Waals surface area (Å²) >= 11 is 0. The summed E-state index contributed by atoms with van der Waals surface area (Å²) < 4.78 is -0.0134. The smallest absolute Gasteiger partial charge is 0.363 e. The molecule has 0 bridgehead atoms. The number of hydrogen-bond donors (Lipinski definition) is 3. The molecular weight excluding hydrogens is 200 g/mol. The summed E-state index contributed by atoms with van der Waals surface area (Å²) in [6.07, 6.45) is 1.25. The predicted octanol–water partition coefficient (Wildman–Crippen LogP) is -0.928. The molecule has 0 saturated carbocycles. The van der Waals surface area contributed by atoms with Gasteiger partial charge < -0.3 is 10.2 Å². The third kappa shape index (κ3) is 1.18. The molecule has 2 aromatic heterocycles. The maximum Gasteiger partial charge on any atom is 0.363 e. The Morgan fingerprint density at radius 1 is 1.46 bits per heavy atom. The van der Waals surface area contributed by atoms with Crippen LogP contribution >= 0.6 is 12.4 Å². The van der Waals surface area contributed by atoms with Gasteiger partial charge in [-0.05, 0) is 0 Å². The van der Waals surface area contributed by atoms with Crippen molar-refractivity contribution < 1.29 is 5.21 Å². The van der Waals surface area contributed by atoms with Crippen molar-refractivity contribution in [3.63, 3.8) is 0 Å². The fraction of sp³-hybridized carbons (Fsp3) is 0. The lowest BCUT2D eigenvalue weighted by molar-refractivity contribution is 0.162. The number of aromatic amines is 2. The van der Waals surface area contributed by atoms with Gasteiger partial charge in [-0.25, -0.2) is 9.78 Å². The third-order valence-corrected chi connectivity index (χ3v) is 1.46. The largest absolute Gasteiger partial charge is 0.421 e. The molecule has 3 N–H and O–H groups in total. The highest BCUT2D eigenvalue weighted by Gasteiger charge is 2.06. The average Bonchev–Trinajstić information content (AvgIpc) is 2.48. The van der Waals surface area contributed by atoms with Gasteiger partial charge in [0.1, 0.15) is 0 Å². The van der Waals surface area contributed by atoms with E-state index in [0.29, 0.717) is 0 Å². The fourth-order valence-electron chi connectivity index (χ4n) is 0.904. The Labute approximate surface area is 76.4 Å². The summed E-state index contributed by atoms with van der Waals surface area (Å²) in [5.74, 6) is 0. The molecule has 0 saturated heterocycles. The highest BCUT2D eigenvalue weighted by Crippen LogP contribution is 1.93. The second-order valence-corrected chi connectivity index (χ2v) is 2.17. The zero-order valence-electron chi connectivity index (χ0n) is 6.14. The Morgan fingerprint density at radius 3 is 2.85 bits per heavy atom. The quantitative estimate of drug-likeness (QED) is 0.483. The molecule has 0 spiro atoms. The molecule has 0 amide bonds. The molecule has 0 aliphatic heterocycles. The molecule has 8 heteroatoms. The third-order valence-electron chi connectivity index (χ3n) is 1.46. The summed E-state index contributed by atoms with van der Waals surface area (Å²) in [4.78, 5) is 30.1. The molecule has 2 heterocycles. The van der Waals surface area contributed by atoms with Crippen LogP contribution in [0.15, 0.2) is 15.9 Å². The summed E-state index contributed by atoms with van der Waals surface area (Å²) in [5, 5.41) is 8.84. The molecule has 13 heavy (non-hydrogen) atoms. The summed E-state index contributed by atoms with van der Waals surface area (Å²) in [6, 6.07) is 0. The second kappa shape index (κ2) is 2.94. The van der Waals surface area contributed by atoms with E-state index in [4.69, 9.17) is 5.21 Å². The van der Waals surface area contributed by atoms with Gasteiger partial charge in [0, 0.05) is 0 Å². The van der Waals surface area contributed by atoms with Crippen molar-refractivity contribution in [1.29, 1.82) is 0 Å². The van der Waals surface area contributed by atoms with Gasteiger partial charge in [0.15, 0.2) is 11.2 Å². The molecular formula is C5H5ClN4O3. The van der Waals surface area contributed by atoms with Crippen LogP contribution in [0.2, 0.25) is 0 Å². The summed E-state index contributed by atoms with van der Waals surface area (Å²) in [6.45, 7) is 0. The SMILES string of the molecule is Cl.O=c1[nH]c2nc[nH]c2c(=O)n1O. The molecule has 2 aromatic rings. The van der Waals surface area contributed by atoms with E-state index in [1.54, 1.807) is 0 Å². The van der Waals surface area contributed by atoms with Crippen molar-refractivity contribution in [3.05, 3.63) is 27.2 Å². The second-order valence-electron chi connectivity index (χ2n) is 2.17. The number of rotatable bonds is 0. The Morgan fingerprint density at radius 2 is 2.15 bits per heavy atom. The van der Waals surface area contributed by atoms with E-state index in [2.05, 4.69) is 15.0 Å². The number of imidazole rings is 1. The van der Waals surface area contributed by atoms with Crippen molar-refractivity contribution in [2.75, 3.05) is 0 Å². The van der Waals surface area contributed by atoms with Crippen LogP contribution in [0, 0.1) is 0 Å². The van der Waals surface area contributed by atoms with Gasteiger partial charge in [0.2, 0.25) is 0 Å². The van der Waals surface area contributed by atoms with Crippen LogP contribution < -0.4 is 11.2 Å². The Balaban J connectivity index is 0.000000845. The number of aromatic nitrogens is 4.